The van der Waals surface area contributed by atoms with Gasteiger partial charge in [-0.1, -0.05) is 36.2 Å². The van der Waals surface area contributed by atoms with Crippen LogP contribution >= 0.6 is 0 Å². The molecular formula is C23H33N5O2. The summed E-state index contributed by atoms with van der Waals surface area (Å²) in [5, 5.41) is 11.3. The molecule has 0 unspecified atom stereocenters. The number of nitrogens with one attached hydrogen (secondary N) is 1. The summed E-state index contributed by atoms with van der Waals surface area (Å²) in [5.41, 5.74) is 4.07. The number of rotatable bonds is 5. The molecule has 0 atom stereocenters. The molecule has 2 aliphatic heterocycles. The molecule has 1 N–H and O–H groups in total. The standard InChI is InChI=1S/C23H33N5O2/c1-4-7-24-22(29)21-26-25-20-14-30-16-23(15-28(20)21)5-8-27(9-6-23)13-19-11-17(2)10-18(3)12-19/h10-12H,4-9,13-16H2,1-3H3,(H,24,29). The molecule has 2 aliphatic rings. The maximum absolute atomic E-state index is 12.5. The lowest BCUT2D eigenvalue weighted by molar-refractivity contribution is -0.00570. The number of hydrogen-bond acceptors (Lipinski definition) is 5. The van der Waals surface area contributed by atoms with Gasteiger partial charge in [-0.3, -0.25) is 9.69 Å². The third-order valence-corrected chi connectivity index (χ3v) is 6.30. The van der Waals surface area contributed by atoms with E-state index in [-0.39, 0.29) is 11.3 Å². The van der Waals surface area contributed by atoms with Crippen LogP contribution < -0.4 is 5.32 Å². The summed E-state index contributed by atoms with van der Waals surface area (Å²) in [6, 6.07) is 6.80. The largest absolute Gasteiger partial charge is 0.373 e. The summed E-state index contributed by atoms with van der Waals surface area (Å²) in [6.07, 6.45) is 2.99. The van der Waals surface area contributed by atoms with Gasteiger partial charge in [0.2, 0.25) is 5.82 Å². The fourth-order valence-corrected chi connectivity index (χ4v) is 4.74. The monoisotopic (exact) mass is 411 g/mol. The highest BCUT2D eigenvalue weighted by Gasteiger charge is 2.39. The van der Waals surface area contributed by atoms with E-state index in [9.17, 15) is 4.79 Å². The van der Waals surface area contributed by atoms with Crippen molar-refractivity contribution in [2.45, 2.75) is 59.7 Å². The van der Waals surface area contributed by atoms with Gasteiger partial charge in [-0.05, 0) is 51.8 Å². The number of nitrogens with zero attached hydrogens (tertiary/aromatic N) is 4. The zero-order valence-corrected chi connectivity index (χ0v) is 18.4. The lowest BCUT2D eigenvalue weighted by atomic mass is 9.78. The molecule has 0 aliphatic carbocycles. The summed E-state index contributed by atoms with van der Waals surface area (Å²) in [7, 11) is 0. The molecule has 0 radical (unpaired) electrons. The first-order valence-electron chi connectivity index (χ1n) is 11.1. The number of ether oxygens (including phenoxy) is 1. The third kappa shape index (κ3) is 4.57. The second-order valence-electron chi connectivity index (χ2n) is 9.05. The van der Waals surface area contributed by atoms with Gasteiger partial charge in [0.15, 0.2) is 5.82 Å². The van der Waals surface area contributed by atoms with Crippen molar-refractivity contribution in [3.05, 3.63) is 46.5 Å². The Morgan fingerprint density at radius 1 is 1.17 bits per heavy atom. The minimum atomic E-state index is -0.139. The van der Waals surface area contributed by atoms with Gasteiger partial charge in [0.05, 0.1) is 6.61 Å². The predicted octanol–water partition coefficient (Wildman–Crippen LogP) is 2.85. The van der Waals surface area contributed by atoms with E-state index in [1.165, 1.54) is 16.7 Å². The van der Waals surface area contributed by atoms with Gasteiger partial charge < -0.3 is 14.6 Å². The van der Waals surface area contributed by atoms with E-state index in [1.807, 2.05) is 11.5 Å². The quantitative estimate of drug-likeness (QED) is 0.819. The van der Waals surface area contributed by atoms with Crippen molar-refractivity contribution in [3.63, 3.8) is 0 Å². The van der Waals surface area contributed by atoms with Crippen LogP contribution in [-0.2, 0) is 24.4 Å². The Balaban J connectivity index is 1.44. The van der Waals surface area contributed by atoms with E-state index >= 15 is 0 Å². The number of likely N-dealkylation sites (tertiary alicyclic amines) is 1. The van der Waals surface area contributed by atoms with Gasteiger partial charge in [0.1, 0.15) is 6.61 Å². The van der Waals surface area contributed by atoms with Crippen molar-refractivity contribution in [1.29, 1.82) is 0 Å². The molecule has 0 bridgehead atoms. The van der Waals surface area contributed by atoms with E-state index in [0.29, 0.717) is 25.6 Å². The van der Waals surface area contributed by atoms with E-state index in [0.717, 1.165) is 51.3 Å². The van der Waals surface area contributed by atoms with Crippen molar-refractivity contribution in [2.75, 3.05) is 26.2 Å². The zero-order valence-electron chi connectivity index (χ0n) is 18.4. The number of carbonyl (C=O) groups is 1. The van der Waals surface area contributed by atoms with Gasteiger partial charge in [0, 0.05) is 25.0 Å². The Morgan fingerprint density at radius 3 is 2.60 bits per heavy atom. The van der Waals surface area contributed by atoms with Crippen LogP contribution in [0.5, 0.6) is 0 Å². The van der Waals surface area contributed by atoms with E-state index in [4.69, 9.17) is 4.74 Å². The van der Waals surface area contributed by atoms with E-state index in [2.05, 4.69) is 52.5 Å². The average molecular weight is 412 g/mol. The molecule has 3 heterocycles. The van der Waals surface area contributed by atoms with Gasteiger partial charge >= 0.3 is 0 Å². The summed E-state index contributed by atoms with van der Waals surface area (Å²) in [4.78, 5) is 15.1. The van der Waals surface area contributed by atoms with E-state index < -0.39 is 0 Å². The fraction of sp³-hybridized carbons (Fsp3) is 0.609. The SMILES string of the molecule is CCCNC(=O)c1nnc2n1CC1(CCN(Cc3cc(C)cc(C)c3)CC1)COC2. The first-order valence-corrected chi connectivity index (χ1v) is 11.1. The molecule has 0 saturated carbocycles. The van der Waals surface area contributed by atoms with Gasteiger partial charge in [-0.15, -0.1) is 10.2 Å². The highest BCUT2D eigenvalue weighted by Crippen LogP contribution is 2.37. The van der Waals surface area contributed by atoms with E-state index in [1.54, 1.807) is 0 Å². The molecular weight excluding hydrogens is 378 g/mol. The molecule has 1 aromatic carbocycles. The molecule has 1 saturated heterocycles. The Kier molecular flexibility index (Phi) is 6.20. The van der Waals surface area contributed by atoms with Crippen molar-refractivity contribution in [3.8, 4) is 0 Å². The number of hydrogen-bond donors (Lipinski definition) is 1. The molecule has 1 spiro atoms. The van der Waals surface area contributed by atoms with Crippen molar-refractivity contribution >= 4 is 5.91 Å². The molecule has 1 aromatic heterocycles. The Labute approximate surface area is 178 Å². The Morgan fingerprint density at radius 2 is 1.90 bits per heavy atom. The molecule has 7 nitrogen and oxygen atoms in total. The van der Waals surface area contributed by atoms with Gasteiger partial charge in [-0.2, -0.15) is 0 Å². The minimum Gasteiger partial charge on any atom is -0.373 e. The normalized spacial score (nSPS) is 18.8. The van der Waals surface area contributed by atoms with Crippen LogP contribution in [0.25, 0.3) is 0 Å². The second kappa shape index (κ2) is 8.86. The number of amides is 1. The molecule has 4 rings (SSSR count). The number of fused-ring (bicyclic) bond motifs is 1. The van der Waals surface area contributed by atoms with Crippen LogP contribution in [0.1, 0.15) is 59.3 Å². The number of benzene rings is 1. The van der Waals surface area contributed by atoms with Gasteiger partial charge in [-0.25, -0.2) is 0 Å². The average Bonchev–Trinajstić information content (AvgIpc) is 3.01. The lowest BCUT2D eigenvalue weighted by Crippen LogP contribution is -2.44. The van der Waals surface area contributed by atoms with Crippen LogP contribution in [0.2, 0.25) is 0 Å². The Hall–Kier alpha value is -2.25. The second-order valence-corrected chi connectivity index (χ2v) is 9.05. The van der Waals surface area contributed by atoms with Crippen LogP contribution in [0.4, 0.5) is 0 Å². The van der Waals surface area contributed by atoms with Crippen LogP contribution in [0.15, 0.2) is 18.2 Å². The number of aromatic nitrogens is 3. The van der Waals surface area contributed by atoms with Crippen LogP contribution in [0.3, 0.4) is 0 Å². The highest BCUT2D eigenvalue weighted by atomic mass is 16.5. The number of piperidine rings is 1. The smallest absolute Gasteiger partial charge is 0.289 e. The molecule has 2 aromatic rings. The van der Waals surface area contributed by atoms with Crippen molar-refractivity contribution < 1.29 is 9.53 Å². The highest BCUT2D eigenvalue weighted by molar-refractivity contribution is 5.90. The summed E-state index contributed by atoms with van der Waals surface area (Å²) < 4.78 is 8.00. The number of carbonyl (C=O) groups excluding carboxylic acids is 1. The maximum Gasteiger partial charge on any atom is 0.289 e. The predicted molar refractivity (Wildman–Crippen MR) is 115 cm³/mol. The first kappa shape index (κ1) is 21.0. The molecule has 162 valence electrons. The fourth-order valence-electron chi connectivity index (χ4n) is 4.74. The Bertz CT molecular complexity index is 879. The van der Waals surface area contributed by atoms with Crippen molar-refractivity contribution in [2.24, 2.45) is 5.41 Å². The van der Waals surface area contributed by atoms with Crippen molar-refractivity contribution in [1.82, 2.24) is 25.0 Å². The van der Waals surface area contributed by atoms with Crippen LogP contribution in [-0.4, -0.2) is 51.8 Å². The van der Waals surface area contributed by atoms with Crippen LogP contribution in [0, 0.1) is 19.3 Å². The maximum atomic E-state index is 12.5. The summed E-state index contributed by atoms with van der Waals surface area (Å²) >= 11 is 0. The first-order chi connectivity index (χ1) is 14.5. The zero-order chi connectivity index (χ0) is 21.1. The summed E-state index contributed by atoms with van der Waals surface area (Å²) in [6.45, 7) is 12.0. The molecule has 1 amide bonds. The van der Waals surface area contributed by atoms with Gasteiger partial charge in [0.25, 0.3) is 5.91 Å². The molecule has 7 heteroatoms. The molecule has 30 heavy (non-hydrogen) atoms. The summed E-state index contributed by atoms with van der Waals surface area (Å²) in [5.74, 6) is 1.03. The third-order valence-electron chi connectivity index (χ3n) is 6.30. The molecule has 1 fully saturated rings. The topological polar surface area (TPSA) is 72.3 Å². The lowest BCUT2D eigenvalue weighted by Gasteiger charge is -2.41. The number of aryl methyl sites for hydroxylation is 2. The minimum absolute atomic E-state index is 0.0342.